The van der Waals surface area contributed by atoms with Crippen LogP contribution in [0.3, 0.4) is 0 Å². The third-order valence-electron chi connectivity index (χ3n) is 3.76. The molecule has 0 unspecified atom stereocenters. The third kappa shape index (κ3) is 7.65. The Balaban J connectivity index is 3.41. The largest absolute Gasteiger partial charge is 0.463 e. The summed E-state index contributed by atoms with van der Waals surface area (Å²) in [4.78, 5) is 46.2. The van der Waals surface area contributed by atoms with Gasteiger partial charge in [-0.3, -0.25) is 19.2 Å². The van der Waals surface area contributed by atoms with Gasteiger partial charge in [0.15, 0.2) is 24.5 Å². The highest BCUT2D eigenvalue weighted by molar-refractivity contribution is 7.51. The van der Waals surface area contributed by atoms with Gasteiger partial charge in [0.1, 0.15) is 12.7 Å². The first kappa shape index (κ1) is 26.0. The molecule has 0 aliphatic carbocycles. The summed E-state index contributed by atoms with van der Waals surface area (Å²) in [5.74, 6) is -3.00. The molecule has 13 nitrogen and oxygen atoms in total. The minimum Gasteiger partial charge on any atom is -0.463 e. The summed E-state index contributed by atoms with van der Waals surface area (Å²) >= 11 is 0. The number of ether oxygens (including phenoxy) is 5. The predicted molar refractivity (Wildman–Crippen MR) is 96.7 cm³/mol. The normalized spacial score (nSPS) is 26.4. The van der Waals surface area contributed by atoms with Gasteiger partial charge in [-0.2, -0.15) is 5.09 Å². The number of carbonyl (C=O) groups is 4. The van der Waals surface area contributed by atoms with Gasteiger partial charge in [0.2, 0.25) is 0 Å². The third-order valence-corrected chi connectivity index (χ3v) is 5.29. The van der Waals surface area contributed by atoms with Crippen molar-refractivity contribution in [2.75, 3.05) is 20.8 Å². The monoisotopic (exact) mass is 455 g/mol. The zero-order chi connectivity index (χ0) is 23.1. The van der Waals surface area contributed by atoms with Crippen LogP contribution in [0.4, 0.5) is 0 Å². The van der Waals surface area contributed by atoms with Gasteiger partial charge in [-0.15, -0.1) is 0 Å². The highest BCUT2D eigenvalue weighted by Gasteiger charge is 2.53. The maximum absolute atomic E-state index is 12.6. The molecule has 0 aromatic rings. The first-order valence-corrected chi connectivity index (χ1v) is 10.3. The van der Waals surface area contributed by atoms with Crippen LogP contribution >= 0.6 is 7.75 Å². The number of nitrogens with one attached hydrogen (secondary N) is 1. The lowest BCUT2D eigenvalue weighted by Crippen LogP contribution is -2.65. The molecule has 1 aliphatic rings. The zero-order valence-electron chi connectivity index (χ0n) is 17.4. The van der Waals surface area contributed by atoms with E-state index in [0.29, 0.717) is 0 Å². The molecule has 30 heavy (non-hydrogen) atoms. The molecule has 1 saturated heterocycles. The Morgan fingerprint density at radius 1 is 0.800 bits per heavy atom. The molecule has 0 amide bonds. The van der Waals surface area contributed by atoms with E-state index in [0.717, 1.165) is 41.9 Å². The predicted octanol–water partition coefficient (Wildman–Crippen LogP) is 0.0600. The second-order valence-electron chi connectivity index (χ2n) is 6.11. The highest BCUT2D eigenvalue weighted by atomic mass is 31.2. The van der Waals surface area contributed by atoms with Crippen LogP contribution in [0.2, 0.25) is 0 Å². The van der Waals surface area contributed by atoms with Crippen LogP contribution in [-0.4, -0.2) is 75.3 Å². The summed E-state index contributed by atoms with van der Waals surface area (Å²) in [5.41, 5.74) is 0. The van der Waals surface area contributed by atoms with Crippen LogP contribution in [0.5, 0.6) is 0 Å². The Hall–Kier alpha value is -2.05. The average molecular weight is 455 g/mol. The number of rotatable bonds is 9. The SMILES string of the molecule is COP(=O)(N[C@H]1O[C@H](COC(C)=O)[C@@H](OC(C)=O)[C@H](OC(C)=O)[C@@H]1OC(C)=O)OC. The maximum atomic E-state index is 12.6. The lowest BCUT2D eigenvalue weighted by Gasteiger charge is -2.44. The molecule has 0 aromatic heterocycles. The number of carbonyl (C=O) groups excluding carboxylic acids is 4. The molecular weight excluding hydrogens is 429 g/mol. The average Bonchev–Trinajstić information content (AvgIpc) is 2.63. The van der Waals surface area contributed by atoms with E-state index in [-0.39, 0.29) is 0 Å². The molecule has 1 heterocycles. The molecule has 5 atom stereocenters. The van der Waals surface area contributed by atoms with Gasteiger partial charge < -0.3 is 32.7 Å². The lowest BCUT2D eigenvalue weighted by molar-refractivity contribution is -0.255. The van der Waals surface area contributed by atoms with E-state index < -0.39 is 68.9 Å². The molecule has 0 radical (unpaired) electrons. The summed E-state index contributed by atoms with van der Waals surface area (Å²) in [6, 6.07) is 0. The molecule has 14 heteroatoms. The van der Waals surface area contributed by atoms with Crippen molar-refractivity contribution in [2.24, 2.45) is 0 Å². The fraction of sp³-hybridized carbons (Fsp3) is 0.750. The van der Waals surface area contributed by atoms with Crippen molar-refractivity contribution in [3.8, 4) is 0 Å². The van der Waals surface area contributed by atoms with Gasteiger partial charge >= 0.3 is 31.6 Å². The van der Waals surface area contributed by atoms with E-state index in [2.05, 4.69) is 5.09 Å². The van der Waals surface area contributed by atoms with Crippen molar-refractivity contribution < 1.29 is 56.5 Å². The van der Waals surface area contributed by atoms with E-state index in [1.54, 1.807) is 0 Å². The quantitative estimate of drug-likeness (QED) is 0.282. The number of hydrogen-bond acceptors (Lipinski definition) is 12. The smallest absolute Gasteiger partial charge is 0.407 e. The molecule has 1 N–H and O–H groups in total. The van der Waals surface area contributed by atoms with Crippen molar-refractivity contribution in [1.29, 1.82) is 0 Å². The van der Waals surface area contributed by atoms with Crippen molar-refractivity contribution in [2.45, 2.75) is 58.3 Å². The summed E-state index contributed by atoms with van der Waals surface area (Å²) < 4.78 is 48.5. The second-order valence-corrected chi connectivity index (χ2v) is 8.10. The molecular formula is C16H26NO12P. The molecule has 1 fully saturated rings. The molecule has 1 rings (SSSR count). The summed E-state index contributed by atoms with van der Waals surface area (Å²) in [6.07, 6.45) is -6.75. The van der Waals surface area contributed by atoms with Gasteiger partial charge in [-0.25, -0.2) is 4.57 Å². The minimum absolute atomic E-state index is 0.416. The van der Waals surface area contributed by atoms with Crippen LogP contribution in [-0.2, 0) is 56.5 Å². The molecule has 0 bridgehead atoms. The van der Waals surface area contributed by atoms with Gasteiger partial charge in [0.05, 0.1) is 0 Å². The summed E-state index contributed by atoms with van der Waals surface area (Å²) in [7, 11) is -1.73. The Kier molecular flexibility index (Phi) is 9.85. The lowest BCUT2D eigenvalue weighted by atomic mass is 9.97. The van der Waals surface area contributed by atoms with Crippen molar-refractivity contribution in [1.82, 2.24) is 5.09 Å². The Morgan fingerprint density at radius 2 is 1.27 bits per heavy atom. The van der Waals surface area contributed by atoms with Gasteiger partial charge in [-0.05, 0) is 0 Å². The fourth-order valence-corrected chi connectivity index (χ4v) is 3.55. The van der Waals surface area contributed by atoms with Crippen molar-refractivity contribution >= 4 is 31.6 Å². The van der Waals surface area contributed by atoms with E-state index >= 15 is 0 Å². The molecule has 172 valence electrons. The van der Waals surface area contributed by atoms with Gasteiger partial charge in [0.25, 0.3) is 0 Å². The van der Waals surface area contributed by atoms with Crippen LogP contribution < -0.4 is 5.09 Å². The topological polar surface area (TPSA) is 162 Å². The Labute approximate surface area is 173 Å². The van der Waals surface area contributed by atoms with Crippen LogP contribution in [0.1, 0.15) is 27.7 Å². The molecule has 1 aliphatic heterocycles. The van der Waals surface area contributed by atoms with E-state index in [4.69, 9.17) is 32.7 Å². The summed E-state index contributed by atoms with van der Waals surface area (Å²) in [5, 5.41) is 2.42. The van der Waals surface area contributed by atoms with Crippen molar-refractivity contribution in [3.63, 3.8) is 0 Å². The van der Waals surface area contributed by atoms with Gasteiger partial charge in [-0.1, -0.05) is 0 Å². The zero-order valence-corrected chi connectivity index (χ0v) is 18.3. The van der Waals surface area contributed by atoms with Crippen molar-refractivity contribution in [3.05, 3.63) is 0 Å². The van der Waals surface area contributed by atoms with E-state index in [1.807, 2.05) is 0 Å². The fourth-order valence-electron chi connectivity index (χ4n) is 2.67. The Bertz CT molecular complexity index is 690. The highest BCUT2D eigenvalue weighted by Crippen LogP contribution is 2.44. The van der Waals surface area contributed by atoms with Crippen LogP contribution in [0.15, 0.2) is 0 Å². The molecule has 0 spiro atoms. The Morgan fingerprint density at radius 3 is 1.70 bits per heavy atom. The van der Waals surface area contributed by atoms with Crippen LogP contribution in [0, 0.1) is 0 Å². The minimum atomic E-state index is -3.93. The molecule has 0 aromatic carbocycles. The van der Waals surface area contributed by atoms with E-state index in [9.17, 15) is 23.7 Å². The standard InChI is InChI=1S/C16H26NO12P/c1-8(18)25-7-12-13(26-9(2)19)14(27-10(3)20)15(28-11(4)21)16(29-12)17-30(22,23-5)24-6/h12-16H,7H2,1-6H3,(H,17,22)/t12-,13-,14+,15+,16+/m1/s1. The first-order chi connectivity index (χ1) is 13.9. The molecule has 0 saturated carbocycles. The van der Waals surface area contributed by atoms with Crippen LogP contribution in [0.25, 0.3) is 0 Å². The maximum Gasteiger partial charge on any atom is 0.407 e. The first-order valence-electron chi connectivity index (χ1n) is 8.72. The number of esters is 4. The number of hydrogen-bond donors (Lipinski definition) is 1. The van der Waals surface area contributed by atoms with Gasteiger partial charge in [0, 0.05) is 41.9 Å². The van der Waals surface area contributed by atoms with E-state index in [1.165, 1.54) is 0 Å². The summed E-state index contributed by atoms with van der Waals surface area (Å²) in [6.45, 7) is 4.00. The second kappa shape index (κ2) is 11.4.